The van der Waals surface area contributed by atoms with Gasteiger partial charge in [-0.05, 0) is 76.4 Å². The molecule has 0 aliphatic carbocycles. The van der Waals surface area contributed by atoms with E-state index in [0.717, 1.165) is 16.3 Å². The lowest BCUT2D eigenvalue weighted by Crippen LogP contribution is -2.72. The fraction of sp³-hybridized carbons (Fsp3) is 0.269. The summed E-state index contributed by atoms with van der Waals surface area (Å²) in [5, 5.41) is 4.02. The fourth-order valence-corrected chi connectivity index (χ4v) is 3.50. The smallest absolute Gasteiger partial charge is 0.408 e. The van der Waals surface area contributed by atoms with Crippen molar-refractivity contribution in [3.63, 3.8) is 0 Å². The minimum Gasteiger partial charge on any atom is -0.744 e. The normalized spacial score (nSPS) is 11.9. The highest BCUT2D eigenvalue weighted by Gasteiger charge is 2.22. The van der Waals surface area contributed by atoms with Gasteiger partial charge in [0.1, 0.15) is 27.5 Å². The molecule has 11 nitrogen and oxygen atoms in total. The van der Waals surface area contributed by atoms with Gasteiger partial charge in [0.25, 0.3) is 0 Å². The summed E-state index contributed by atoms with van der Waals surface area (Å²) in [5.74, 6) is -0.138. The van der Waals surface area contributed by atoms with Gasteiger partial charge in [0.05, 0.1) is 10.6 Å². The highest BCUT2D eigenvalue weighted by Crippen LogP contribution is 2.27. The summed E-state index contributed by atoms with van der Waals surface area (Å²) in [4.78, 5) is 26.8. The summed E-state index contributed by atoms with van der Waals surface area (Å²) in [5.41, 5.74) is 11.9. The van der Waals surface area contributed by atoms with Crippen molar-refractivity contribution in [1.82, 2.24) is 5.32 Å². The van der Waals surface area contributed by atoms with Crippen molar-refractivity contribution < 1.29 is 37.0 Å². The van der Waals surface area contributed by atoms with E-state index in [9.17, 15) is 22.6 Å². The van der Waals surface area contributed by atoms with Gasteiger partial charge in [-0.3, -0.25) is 11.5 Å². The molecule has 6 N–H and O–H groups in total. The van der Waals surface area contributed by atoms with Crippen molar-refractivity contribution in [2.45, 2.75) is 51.2 Å². The van der Waals surface area contributed by atoms with Crippen LogP contribution in [0.4, 0.5) is 10.5 Å². The maximum Gasteiger partial charge on any atom is 0.408 e. The number of rotatable bonds is 5. The van der Waals surface area contributed by atoms with Crippen molar-refractivity contribution in [2.24, 2.45) is 11.5 Å². The Morgan fingerprint density at radius 2 is 1.66 bits per heavy atom. The van der Waals surface area contributed by atoms with Crippen LogP contribution in [0.25, 0.3) is 10.8 Å². The van der Waals surface area contributed by atoms with Crippen LogP contribution in [0.5, 0.6) is 5.75 Å². The van der Waals surface area contributed by atoms with Crippen LogP contribution in [-0.2, 0) is 19.6 Å². The Kier molecular flexibility index (Phi) is 9.80. The van der Waals surface area contributed by atoms with Gasteiger partial charge in [-0.1, -0.05) is 29.8 Å². The highest BCUT2D eigenvalue weighted by molar-refractivity contribution is 7.85. The van der Waals surface area contributed by atoms with Gasteiger partial charge in [-0.15, -0.1) is 0 Å². The first-order valence-corrected chi connectivity index (χ1v) is 12.9. The second-order valence-electron chi connectivity index (χ2n) is 9.33. The van der Waals surface area contributed by atoms with Gasteiger partial charge < -0.3 is 19.3 Å². The van der Waals surface area contributed by atoms with E-state index in [2.05, 4.69) is 10.3 Å². The summed E-state index contributed by atoms with van der Waals surface area (Å²) < 4.78 is 41.8. The van der Waals surface area contributed by atoms with E-state index in [1.165, 1.54) is 19.1 Å². The van der Waals surface area contributed by atoms with Gasteiger partial charge in [-0.2, -0.15) is 0 Å². The molecule has 0 saturated carbocycles. The molecule has 204 valence electrons. The molecule has 0 aromatic heterocycles. The van der Waals surface area contributed by atoms with Gasteiger partial charge >= 0.3 is 18.0 Å². The first-order valence-electron chi connectivity index (χ1n) is 11.5. The topological polar surface area (TPSA) is 188 Å². The molecular formula is C26H32N4O7S. The minimum atomic E-state index is -4.27. The standard InChI is InChI=1S/C19H24N4O4.C7H8O3S/c1-11(22-18(25)27-19(2,3)4)16(24)26-15-7-5-6-12-10-13(23-17(20)21)8-9-14(12)15;1-6-2-4-7(5-3-6)11(8,9)10/h5-11H,1-4H3,(H,22,25)(H4,20,21,23);2-5H,1H3,(H,8,9,10)/t11-;/m0./s1. The molecule has 0 fully saturated rings. The van der Waals surface area contributed by atoms with E-state index in [-0.39, 0.29) is 10.9 Å². The zero-order valence-corrected chi connectivity index (χ0v) is 22.6. The van der Waals surface area contributed by atoms with Crippen LogP contribution in [0.2, 0.25) is 0 Å². The number of benzene rings is 3. The zero-order valence-electron chi connectivity index (χ0n) is 21.8. The van der Waals surface area contributed by atoms with Gasteiger partial charge in [-0.25, -0.2) is 23.0 Å². The molecule has 0 aliphatic heterocycles. The van der Waals surface area contributed by atoms with Crippen LogP contribution in [0.3, 0.4) is 0 Å². The molecule has 3 rings (SSSR count). The van der Waals surface area contributed by atoms with Crippen LogP contribution >= 0.6 is 0 Å². The molecule has 3 aromatic carbocycles. The molecule has 0 radical (unpaired) electrons. The Labute approximate surface area is 221 Å². The van der Waals surface area contributed by atoms with E-state index >= 15 is 0 Å². The maximum atomic E-state index is 12.3. The third kappa shape index (κ3) is 9.71. The van der Waals surface area contributed by atoms with Crippen molar-refractivity contribution in [1.29, 1.82) is 0 Å². The number of nitrogens with two attached hydrogens (primary N) is 2. The zero-order chi connectivity index (χ0) is 28.7. The lowest BCUT2D eigenvalue weighted by molar-refractivity contribution is -0.356. The molecule has 0 heterocycles. The van der Waals surface area contributed by atoms with Gasteiger partial charge in [0.15, 0.2) is 0 Å². The maximum absolute atomic E-state index is 12.3. The summed E-state index contributed by atoms with van der Waals surface area (Å²) in [6.45, 7) is 8.57. The number of fused-ring (bicyclic) bond motifs is 1. The van der Waals surface area contributed by atoms with Crippen LogP contribution < -0.4 is 26.5 Å². The number of aryl methyl sites for hydroxylation is 1. The van der Waals surface area contributed by atoms with Crippen molar-refractivity contribution in [3.05, 3.63) is 66.2 Å². The van der Waals surface area contributed by atoms with E-state index in [4.69, 9.17) is 20.9 Å². The SMILES string of the molecule is C[C@H](NC(=O)OC(C)(C)C)C(=O)Oc1cccc2cc([NH+]=C(N)N)ccc12.Cc1ccc(S(=O)(=O)[O-])cc1. The van der Waals surface area contributed by atoms with Crippen LogP contribution in [0.1, 0.15) is 33.3 Å². The molecule has 0 unspecified atom stereocenters. The Morgan fingerprint density at radius 1 is 1.03 bits per heavy atom. The number of esters is 1. The predicted molar refractivity (Wildman–Crippen MR) is 142 cm³/mol. The summed E-state index contributed by atoms with van der Waals surface area (Å²) >= 11 is 0. The molecule has 1 amide bonds. The van der Waals surface area contributed by atoms with Gasteiger partial charge in [0.2, 0.25) is 0 Å². The lowest BCUT2D eigenvalue weighted by Gasteiger charge is -2.21. The van der Waals surface area contributed by atoms with E-state index in [0.29, 0.717) is 11.4 Å². The second kappa shape index (κ2) is 12.4. The summed E-state index contributed by atoms with van der Waals surface area (Å²) in [6.07, 6.45) is -0.684. The molecular weight excluding hydrogens is 512 g/mol. The Balaban J connectivity index is 0.000000384. The van der Waals surface area contributed by atoms with E-state index in [1.54, 1.807) is 57.2 Å². The third-order valence-corrected chi connectivity index (χ3v) is 5.59. The number of carbonyl (C=O) groups excluding carboxylic acids is 2. The predicted octanol–water partition coefficient (Wildman–Crippen LogP) is 1.54. The Bertz CT molecular complexity index is 1430. The van der Waals surface area contributed by atoms with Crippen LogP contribution in [0, 0.1) is 6.92 Å². The quantitative estimate of drug-likeness (QED) is 0.121. The average molecular weight is 545 g/mol. The molecule has 0 spiro atoms. The monoisotopic (exact) mass is 544 g/mol. The van der Waals surface area contributed by atoms with Crippen LogP contribution in [0.15, 0.2) is 65.6 Å². The highest BCUT2D eigenvalue weighted by atomic mass is 32.2. The Hall–Kier alpha value is -4.16. The summed E-state index contributed by atoms with van der Waals surface area (Å²) in [6, 6.07) is 15.6. The number of amides is 1. The first kappa shape index (κ1) is 30.1. The van der Waals surface area contributed by atoms with Crippen LogP contribution in [-0.4, -0.2) is 42.6 Å². The third-order valence-electron chi connectivity index (χ3n) is 4.74. The molecule has 38 heavy (non-hydrogen) atoms. The van der Waals surface area contributed by atoms with Gasteiger partial charge in [0, 0.05) is 5.39 Å². The molecule has 1 atom stereocenters. The first-order chi connectivity index (χ1) is 17.5. The molecule has 3 aromatic rings. The van der Waals surface area contributed by atoms with E-state index in [1.807, 2.05) is 19.1 Å². The number of guanidine groups is 1. The molecule has 0 saturated heterocycles. The van der Waals surface area contributed by atoms with Crippen molar-refractivity contribution in [3.8, 4) is 5.75 Å². The van der Waals surface area contributed by atoms with Crippen molar-refractivity contribution >= 4 is 44.6 Å². The van der Waals surface area contributed by atoms with Crippen molar-refractivity contribution in [2.75, 3.05) is 0 Å². The Morgan fingerprint density at radius 3 is 2.21 bits per heavy atom. The molecule has 0 aliphatic rings. The number of nitrogens with one attached hydrogen (secondary N) is 2. The molecule has 0 bridgehead atoms. The number of alkyl carbamates (subject to hydrolysis) is 1. The minimum absolute atomic E-state index is 0.0824. The number of hydrogen-bond donors (Lipinski definition) is 4. The van der Waals surface area contributed by atoms with E-state index < -0.39 is 33.8 Å². The lowest BCUT2D eigenvalue weighted by atomic mass is 10.1. The largest absolute Gasteiger partial charge is 0.744 e. The number of hydrogen-bond acceptors (Lipinski definition) is 7. The summed E-state index contributed by atoms with van der Waals surface area (Å²) in [7, 11) is -4.27. The number of carbonyl (C=O) groups is 2. The average Bonchev–Trinajstić information content (AvgIpc) is 2.77. The number of ether oxygens (including phenoxy) is 2. The fourth-order valence-electron chi connectivity index (χ4n) is 3.03. The second-order valence-corrected chi connectivity index (χ2v) is 10.7. The molecule has 12 heteroatoms.